The van der Waals surface area contributed by atoms with Crippen LogP contribution in [0.5, 0.6) is 0 Å². The van der Waals surface area contributed by atoms with E-state index in [9.17, 15) is 4.79 Å². The molecular weight excluding hydrogens is 240 g/mol. The summed E-state index contributed by atoms with van der Waals surface area (Å²) in [5.74, 6) is 0.0153. The van der Waals surface area contributed by atoms with Crippen molar-refractivity contribution in [3.63, 3.8) is 0 Å². The third-order valence-electron chi connectivity index (χ3n) is 2.88. The van der Waals surface area contributed by atoms with Crippen LogP contribution in [0.15, 0.2) is 54.7 Å². The van der Waals surface area contributed by atoms with Gasteiger partial charge in [0.1, 0.15) is 0 Å². The quantitative estimate of drug-likeness (QED) is 0.914. The van der Waals surface area contributed by atoms with Gasteiger partial charge in [-0.2, -0.15) is 0 Å². The summed E-state index contributed by atoms with van der Waals surface area (Å²) in [5, 5.41) is 2.73. The number of ether oxygens (including phenoxy) is 1. The lowest BCUT2D eigenvalue weighted by Crippen LogP contribution is -2.29. The van der Waals surface area contributed by atoms with Crippen LogP contribution in [-0.2, 0) is 4.74 Å². The van der Waals surface area contributed by atoms with Crippen LogP contribution >= 0.6 is 0 Å². The van der Waals surface area contributed by atoms with Crippen LogP contribution in [0.25, 0.3) is 0 Å². The molecule has 1 heterocycles. The number of aromatic nitrogens is 1. The lowest BCUT2D eigenvalue weighted by Gasteiger charge is -2.17. The first-order chi connectivity index (χ1) is 9.31. The molecular formula is C15H16N2O2. The Morgan fingerprint density at radius 3 is 2.58 bits per heavy atom. The first kappa shape index (κ1) is 13.1. The summed E-state index contributed by atoms with van der Waals surface area (Å²) in [6.45, 7) is 0.452. The van der Waals surface area contributed by atoms with Crippen molar-refractivity contribution in [2.45, 2.75) is 5.92 Å². The van der Waals surface area contributed by atoms with Crippen molar-refractivity contribution in [1.82, 2.24) is 10.3 Å². The van der Waals surface area contributed by atoms with Crippen molar-refractivity contribution in [2.75, 3.05) is 13.7 Å². The second-order valence-electron chi connectivity index (χ2n) is 4.09. The summed E-state index contributed by atoms with van der Waals surface area (Å²) in [5.41, 5.74) is 2.03. The molecule has 1 unspecified atom stereocenters. The standard InChI is InChI=1S/C15H16N2O2/c1-19-15(18)17-11-13(12-7-3-2-4-8-12)14-9-5-6-10-16-14/h2-10,13H,11H2,1H3,(H,17,18). The summed E-state index contributed by atoms with van der Waals surface area (Å²) in [6, 6.07) is 15.7. The monoisotopic (exact) mass is 256 g/mol. The molecule has 4 heteroatoms. The number of rotatable bonds is 4. The van der Waals surface area contributed by atoms with Crippen molar-refractivity contribution in [2.24, 2.45) is 0 Å². The minimum atomic E-state index is -0.433. The van der Waals surface area contributed by atoms with Gasteiger partial charge in [0, 0.05) is 24.4 Å². The summed E-state index contributed by atoms with van der Waals surface area (Å²) in [4.78, 5) is 15.6. The molecule has 0 aliphatic carbocycles. The predicted molar refractivity (Wildman–Crippen MR) is 72.9 cm³/mol. The van der Waals surface area contributed by atoms with E-state index < -0.39 is 6.09 Å². The van der Waals surface area contributed by atoms with E-state index in [0.717, 1.165) is 11.3 Å². The Kier molecular flexibility index (Phi) is 4.50. The molecule has 2 rings (SSSR count). The molecule has 0 aliphatic rings. The van der Waals surface area contributed by atoms with Gasteiger partial charge < -0.3 is 10.1 Å². The zero-order valence-corrected chi connectivity index (χ0v) is 10.7. The van der Waals surface area contributed by atoms with E-state index in [1.165, 1.54) is 7.11 Å². The maximum atomic E-state index is 11.2. The number of carbonyl (C=O) groups excluding carboxylic acids is 1. The highest BCUT2D eigenvalue weighted by Crippen LogP contribution is 2.21. The van der Waals surface area contributed by atoms with Gasteiger partial charge in [0.15, 0.2) is 0 Å². The number of carbonyl (C=O) groups is 1. The number of hydrogen-bond donors (Lipinski definition) is 1. The Labute approximate surface area is 112 Å². The number of alkyl carbamates (subject to hydrolysis) is 1. The normalized spacial score (nSPS) is 11.6. The molecule has 1 amide bonds. The smallest absolute Gasteiger partial charge is 0.406 e. The molecule has 1 aromatic heterocycles. The van der Waals surface area contributed by atoms with E-state index in [4.69, 9.17) is 0 Å². The number of pyridine rings is 1. The molecule has 0 bridgehead atoms. The van der Waals surface area contributed by atoms with E-state index in [2.05, 4.69) is 15.0 Å². The summed E-state index contributed by atoms with van der Waals surface area (Å²) in [6.07, 6.45) is 1.32. The van der Waals surface area contributed by atoms with Crippen molar-refractivity contribution < 1.29 is 9.53 Å². The fraction of sp³-hybridized carbons (Fsp3) is 0.200. The Hall–Kier alpha value is -2.36. The molecule has 1 atom stereocenters. The van der Waals surface area contributed by atoms with Crippen LogP contribution in [0.4, 0.5) is 4.79 Å². The van der Waals surface area contributed by atoms with Crippen LogP contribution in [0, 0.1) is 0 Å². The number of benzene rings is 1. The number of nitrogens with zero attached hydrogens (tertiary/aromatic N) is 1. The highest BCUT2D eigenvalue weighted by molar-refractivity contribution is 5.67. The van der Waals surface area contributed by atoms with Gasteiger partial charge in [-0.1, -0.05) is 36.4 Å². The molecule has 0 fully saturated rings. The maximum absolute atomic E-state index is 11.2. The van der Waals surface area contributed by atoms with E-state index in [0.29, 0.717) is 6.54 Å². The first-order valence-corrected chi connectivity index (χ1v) is 6.09. The van der Waals surface area contributed by atoms with Crippen molar-refractivity contribution >= 4 is 6.09 Å². The van der Waals surface area contributed by atoms with Gasteiger partial charge in [-0.25, -0.2) is 4.79 Å². The van der Waals surface area contributed by atoms with Crippen molar-refractivity contribution in [1.29, 1.82) is 0 Å². The average Bonchev–Trinajstić information content (AvgIpc) is 2.49. The highest BCUT2D eigenvalue weighted by atomic mass is 16.5. The summed E-state index contributed by atoms with van der Waals surface area (Å²) in [7, 11) is 1.35. The predicted octanol–water partition coefficient (Wildman–Crippen LogP) is 2.57. The van der Waals surface area contributed by atoms with Crippen LogP contribution in [-0.4, -0.2) is 24.7 Å². The van der Waals surface area contributed by atoms with Gasteiger partial charge in [0.2, 0.25) is 0 Å². The van der Waals surface area contributed by atoms with E-state index >= 15 is 0 Å². The Morgan fingerprint density at radius 2 is 1.95 bits per heavy atom. The van der Waals surface area contributed by atoms with Gasteiger partial charge in [-0.05, 0) is 17.7 Å². The maximum Gasteiger partial charge on any atom is 0.406 e. The van der Waals surface area contributed by atoms with Crippen LogP contribution in [0.3, 0.4) is 0 Å². The van der Waals surface area contributed by atoms with Gasteiger partial charge in [-0.3, -0.25) is 4.98 Å². The number of nitrogens with one attached hydrogen (secondary N) is 1. The second-order valence-corrected chi connectivity index (χ2v) is 4.09. The molecule has 19 heavy (non-hydrogen) atoms. The molecule has 98 valence electrons. The molecule has 0 aliphatic heterocycles. The molecule has 0 saturated carbocycles. The van der Waals surface area contributed by atoms with E-state index in [-0.39, 0.29) is 5.92 Å². The molecule has 2 aromatic rings. The first-order valence-electron chi connectivity index (χ1n) is 6.09. The van der Waals surface area contributed by atoms with Gasteiger partial charge in [0.05, 0.1) is 7.11 Å². The Balaban J connectivity index is 2.21. The number of amides is 1. The lowest BCUT2D eigenvalue weighted by molar-refractivity contribution is 0.170. The number of methoxy groups -OCH3 is 1. The molecule has 1 N–H and O–H groups in total. The Bertz CT molecular complexity index is 475. The van der Waals surface area contributed by atoms with Gasteiger partial charge in [-0.15, -0.1) is 0 Å². The molecule has 0 saturated heterocycles. The van der Waals surface area contributed by atoms with Crippen molar-refractivity contribution in [3.05, 3.63) is 66.0 Å². The topological polar surface area (TPSA) is 51.2 Å². The van der Waals surface area contributed by atoms with E-state index in [1.807, 2.05) is 48.5 Å². The van der Waals surface area contributed by atoms with E-state index in [1.54, 1.807) is 6.20 Å². The SMILES string of the molecule is COC(=O)NCC(c1ccccc1)c1ccccn1. The minimum Gasteiger partial charge on any atom is -0.453 e. The molecule has 0 radical (unpaired) electrons. The Morgan fingerprint density at radius 1 is 1.21 bits per heavy atom. The van der Waals surface area contributed by atoms with Crippen LogP contribution in [0.2, 0.25) is 0 Å². The third kappa shape index (κ3) is 3.55. The lowest BCUT2D eigenvalue weighted by atomic mass is 9.95. The fourth-order valence-corrected chi connectivity index (χ4v) is 1.92. The molecule has 0 spiro atoms. The van der Waals surface area contributed by atoms with Crippen LogP contribution in [0.1, 0.15) is 17.2 Å². The largest absolute Gasteiger partial charge is 0.453 e. The zero-order valence-electron chi connectivity index (χ0n) is 10.7. The highest BCUT2D eigenvalue weighted by Gasteiger charge is 2.16. The summed E-state index contributed by atoms with van der Waals surface area (Å²) >= 11 is 0. The van der Waals surface area contributed by atoms with Gasteiger partial charge >= 0.3 is 6.09 Å². The number of hydrogen-bond acceptors (Lipinski definition) is 3. The fourth-order valence-electron chi connectivity index (χ4n) is 1.92. The summed E-state index contributed by atoms with van der Waals surface area (Å²) < 4.78 is 4.60. The van der Waals surface area contributed by atoms with Gasteiger partial charge in [0.25, 0.3) is 0 Å². The minimum absolute atomic E-state index is 0.0153. The molecule has 1 aromatic carbocycles. The molecule has 4 nitrogen and oxygen atoms in total. The third-order valence-corrected chi connectivity index (χ3v) is 2.88. The average molecular weight is 256 g/mol. The second kappa shape index (κ2) is 6.54. The van der Waals surface area contributed by atoms with Crippen molar-refractivity contribution in [3.8, 4) is 0 Å². The van der Waals surface area contributed by atoms with Crippen LogP contribution < -0.4 is 5.32 Å². The zero-order chi connectivity index (χ0) is 13.5.